The zero-order valence-electron chi connectivity index (χ0n) is 16.8. The number of aryl methyl sites for hydroxylation is 2. The number of fused-ring (bicyclic) bond motifs is 5. The van der Waals surface area contributed by atoms with Crippen molar-refractivity contribution in [2.45, 2.75) is 43.5 Å². The maximum atomic E-state index is 13.5. The minimum Gasteiger partial charge on any atom is -0.207 e. The predicted molar refractivity (Wildman–Crippen MR) is 116 cm³/mol. The SMILES string of the molecule is Cc1ccc(-c2ccc3c(c2)[C@H]2C[C@H]3CCN2S(=O)(=O)c2ccccc2C)cc1. The maximum absolute atomic E-state index is 13.5. The van der Waals surface area contributed by atoms with E-state index in [9.17, 15) is 8.42 Å². The van der Waals surface area contributed by atoms with E-state index in [0.717, 1.165) is 24.0 Å². The van der Waals surface area contributed by atoms with E-state index in [2.05, 4.69) is 49.4 Å². The lowest BCUT2D eigenvalue weighted by atomic mass is 9.95. The quantitative estimate of drug-likeness (QED) is 0.571. The molecule has 0 N–H and O–H groups in total. The first-order valence-electron chi connectivity index (χ1n) is 10.2. The third kappa shape index (κ3) is 3.02. The van der Waals surface area contributed by atoms with E-state index in [1.165, 1.54) is 22.3 Å². The van der Waals surface area contributed by atoms with Gasteiger partial charge >= 0.3 is 0 Å². The third-order valence-corrected chi connectivity index (χ3v) is 8.57. The number of benzene rings is 3. The van der Waals surface area contributed by atoms with Crippen molar-refractivity contribution >= 4 is 10.0 Å². The van der Waals surface area contributed by atoms with Gasteiger partial charge in [-0.25, -0.2) is 8.42 Å². The maximum Gasteiger partial charge on any atom is 0.243 e. The fraction of sp³-hybridized carbons (Fsp3) is 0.280. The summed E-state index contributed by atoms with van der Waals surface area (Å²) in [6.07, 6.45) is 1.77. The fourth-order valence-corrected chi connectivity index (χ4v) is 6.79. The molecule has 2 atom stereocenters. The second kappa shape index (κ2) is 6.82. The van der Waals surface area contributed by atoms with Gasteiger partial charge in [0.2, 0.25) is 10.0 Å². The Kier molecular flexibility index (Phi) is 4.37. The zero-order chi connectivity index (χ0) is 20.2. The van der Waals surface area contributed by atoms with Crippen molar-refractivity contribution in [3.63, 3.8) is 0 Å². The molecule has 1 saturated heterocycles. The highest BCUT2D eigenvalue weighted by molar-refractivity contribution is 7.89. The first-order valence-corrected chi connectivity index (χ1v) is 11.7. The fourth-order valence-electron chi connectivity index (χ4n) is 4.93. The van der Waals surface area contributed by atoms with Crippen LogP contribution in [0.2, 0.25) is 0 Å². The van der Waals surface area contributed by atoms with Gasteiger partial charge in [0.25, 0.3) is 0 Å². The van der Waals surface area contributed by atoms with Crippen LogP contribution in [0.4, 0.5) is 0 Å². The lowest BCUT2D eigenvalue weighted by molar-refractivity contribution is 0.259. The molecule has 3 aromatic carbocycles. The van der Waals surface area contributed by atoms with E-state index in [0.29, 0.717) is 17.4 Å². The molecule has 3 aromatic rings. The second-order valence-corrected chi connectivity index (χ2v) is 10.2. The summed E-state index contributed by atoms with van der Waals surface area (Å²) in [6.45, 7) is 4.54. The van der Waals surface area contributed by atoms with Gasteiger partial charge in [-0.15, -0.1) is 0 Å². The predicted octanol–water partition coefficient (Wildman–Crippen LogP) is 5.59. The summed E-state index contributed by atoms with van der Waals surface area (Å²) >= 11 is 0. The Morgan fingerprint density at radius 3 is 2.34 bits per heavy atom. The van der Waals surface area contributed by atoms with Crippen molar-refractivity contribution in [3.8, 4) is 11.1 Å². The Morgan fingerprint density at radius 2 is 1.59 bits per heavy atom. The van der Waals surface area contributed by atoms with E-state index in [1.54, 1.807) is 10.4 Å². The average Bonchev–Trinajstić information content (AvgIpc) is 3.00. The Balaban J connectivity index is 1.57. The van der Waals surface area contributed by atoms with Gasteiger partial charge in [0.1, 0.15) is 0 Å². The molecule has 4 heteroatoms. The zero-order valence-corrected chi connectivity index (χ0v) is 17.6. The monoisotopic (exact) mass is 403 g/mol. The molecule has 1 heterocycles. The molecule has 0 aromatic heterocycles. The van der Waals surface area contributed by atoms with Crippen LogP contribution >= 0.6 is 0 Å². The van der Waals surface area contributed by atoms with Crippen molar-refractivity contribution in [1.82, 2.24) is 4.31 Å². The molecular weight excluding hydrogens is 378 g/mol. The van der Waals surface area contributed by atoms with E-state index < -0.39 is 10.0 Å². The van der Waals surface area contributed by atoms with Crippen LogP contribution in [0.3, 0.4) is 0 Å². The summed E-state index contributed by atoms with van der Waals surface area (Å²) in [5.74, 6) is 0.463. The molecule has 5 rings (SSSR count). The molecule has 29 heavy (non-hydrogen) atoms. The minimum atomic E-state index is -3.52. The van der Waals surface area contributed by atoms with Crippen LogP contribution in [0.25, 0.3) is 11.1 Å². The van der Waals surface area contributed by atoms with Crippen LogP contribution in [0.15, 0.2) is 71.6 Å². The summed E-state index contributed by atoms with van der Waals surface area (Å²) in [7, 11) is -3.52. The minimum absolute atomic E-state index is 0.0706. The number of piperidine rings is 1. The highest BCUT2D eigenvalue weighted by Gasteiger charge is 2.44. The normalized spacial score (nSPS) is 21.2. The summed E-state index contributed by atoms with van der Waals surface area (Å²) < 4.78 is 28.8. The molecule has 0 radical (unpaired) electrons. The Labute approximate surface area is 173 Å². The number of hydrogen-bond acceptors (Lipinski definition) is 2. The summed E-state index contributed by atoms with van der Waals surface area (Å²) in [4.78, 5) is 0.432. The van der Waals surface area contributed by atoms with Gasteiger partial charge in [0.05, 0.1) is 10.9 Å². The first kappa shape index (κ1) is 18.6. The van der Waals surface area contributed by atoms with Gasteiger partial charge in [-0.1, -0.05) is 60.2 Å². The van der Waals surface area contributed by atoms with E-state index in [4.69, 9.17) is 0 Å². The van der Waals surface area contributed by atoms with Gasteiger partial charge < -0.3 is 0 Å². The number of hydrogen-bond donors (Lipinski definition) is 0. The molecule has 3 nitrogen and oxygen atoms in total. The topological polar surface area (TPSA) is 37.4 Å². The molecule has 148 valence electrons. The van der Waals surface area contributed by atoms with E-state index in [1.807, 2.05) is 25.1 Å². The van der Waals surface area contributed by atoms with Crippen LogP contribution in [-0.4, -0.2) is 19.3 Å². The number of rotatable bonds is 3. The Bertz CT molecular complexity index is 1180. The largest absolute Gasteiger partial charge is 0.243 e. The van der Waals surface area contributed by atoms with Gasteiger partial charge in [-0.3, -0.25) is 0 Å². The van der Waals surface area contributed by atoms with Crippen molar-refractivity contribution < 1.29 is 8.42 Å². The van der Waals surface area contributed by atoms with Crippen LogP contribution < -0.4 is 0 Å². The summed E-state index contributed by atoms with van der Waals surface area (Å²) in [5.41, 5.74) is 6.89. The van der Waals surface area contributed by atoms with Gasteiger partial charge in [0.15, 0.2) is 0 Å². The molecule has 2 bridgehead atoms. The molecule has 0 spiro atoms. The molecule has 2 aliphatic rings. The van der Waals surface area contributed by atoms with Crippen molar-refractivity contribution in [1.29, 1.82) is 0 Å². The first-order chi connectivity index (χ1) is 13.9. The summed E-state index contributed by atoms with van der Waals surface area (Å²) in [5, 5.41) is 0. The van der Waals surface area contributed by atoms with Crippen molar-refractivity contribution in [2.24, 2.45) is 0 Å². The average molecular weight is 404 g/mol. The molecule has 0 amide bonds. The lowest BCUT2D eigenvalue weighted by Crippen LogP contribution is -2.37. The number of sulfonamides is 1. The molecular formula is C25H25NO2S. The van der Waals surface area contributed by atoms with Gasteiger partial charge in [-0.05, 0) is 72.6 Å². The molecule has 0 unspecified atom stereocenters. The molecule has 1 fully saturated rings. The Hall–Kier alpha value is -2.43. The van der Waals surface area contributed by atoms with E-state index >= 15 is 0 Å². The van der Waals surface area contributed by atoms with Gasteiger partial charge in [0, 0.05) is 6.54 Å². The van der Waals surface area contributed by atoms with Crippen molar-refractivity contribution in [3.05, 3.63) is 89.0 Å². The third-order valence-electron chi connectivity index (χ3n) is 6.50. The van der Waals surface area contributed by atoms with Crippen LogP contribution in [0.1, 0.15) is 47.1 Å². The molecule has 1 aliphatic carbocycles. The highest BCUT2D eigenvalue weighted by Crippen LogP contribution is 2.51. The Morgan fingerprint density at radius 1 is 0.862 bits per heavy atom. The van der Waals surface area contributed by atoms with Crippen LogP contribution in [0, 0.1) is 13.8 Å². The highest BCUT2D eigenvalue weighted by atomic mass is 32.2. The smallest absolute Gasteiger partial charge is 0.207 e. The lowest BCUT2D eigenvalue weighted by Gasteiger charge is -2.33. The molecule has 0 saturated carbocycles. The van der Waals surface area contributed by atoms with Crippen molar-refractivity contribution in [2.75, 3.05) is 6.54 Å². The van der Waals surface area contributed by atoms with E-state index in [-0.39, 0.29) is 6.04 Å². The second-order valence-electron chi connectivity index (χ2n) is 8.33. The number of nitrogens with zero attached hydrogens (tertiary/aromatic N) is 1. The van der Waals surface area contributed by atoms with Crippen LogP contribution in [0.5, 0.6) is 0 Å². The summed E-state index contributed by atoms with van der Waals surface area (Å²) in [6, 6.07) is 22.4. The van der Waals surface area contributed by atoms with Gasteiger partial charge in [-0.2, -0.15) is 4.31 Å². The molecule has 1 aliphatic heterocycles. The standard InChI is InChI=1S/C25H25NO2S/c1-17-7-9-19(10-8-17)20-11-12-22-21-13-14-26(24(16-21)23(22)15-20)29(27,28)25-6-4-3-5-18(25)2/h3-12,15,21,24H,13-14,16H2,1-2H3/t21-,24-/m1/s1. The van der Waals surface area contributed by atoms with Crippen LogP contribution in [-0.2, 0) is 10.0 Å².